The van der Waals surface area contributed by atoms with Crippen LogP contribution in [0.2, 0.25) is 0 Å². The van der Waals surface area contributed by atoms with Gasteiger partial charge in [0.2, 0.25) is 0 Å². The average Bonchev–Trinajstić information content (AvgIpc) is 2.81. The van der Waals surface area contributed by atoms with Crippen LogP contribution >= 0.6 is 0 Å². The molecule has 35 heavy (non-hydrogen) atoms. The topological polar surface area (TPSA) is 73.9 Å². The van der Waals surface area contributed by atoms with Gasteiger partial charge in [0.25, 0.3) is 0 Å². The lowest BCUT2D eigenvalue weighted by molar-refractivity contribution is -0.136. The largest absolute Gasteiger partial charge is 0.493 e. The van der Waals surface area contributed by atoms with Gasteiger partial charge < -0.3 is 19.5 Å². The molecule has 0 saturated heterocycles. The number of carbonyl (C=O) groups excluding carboxylic acids is 2. The number of nitrogens with one attached hydrogen (secondary N) is 1. The highest BCUT2D eigenvalue weighted by Gasteiger charge is 2.43. The van der Waals surface area contributed by atoms with Gasteiger partial charge in [-0.2, -0.15) is 0 Å². The number of ether oxygens (including phenoxy) is 3. The monoisotopic (exact) mass is 475 g/mol. The molecule has 2 aliphatic rings. The number of dihydropyridines is 1. The predicted molar refractivity (Wildman–Crippen MR) is 134 cm³/mol. The first-order chi connectivity index (χ1) is 16.6. The fourth-order valence-corrected chi connectivity index (χ4v) is 4.98. The normalized spacial score (nSPS) is 19.1. The number of methoxy groups -OCH3 is 2. The Hall–Kier alpha value is -3.54. The maximum absolute atomic E-state index is 13.4. The zero-order chi connectivity index (χ0) is 25.3. The molecule has 6 heteroatoms. The van der Waals surface area contributed by atoms with Gasteiger partial charge in [0.05, 0.1) is 19.8 Å². The van der Waals surface area contributed by atoms with Crippen molar-refractivity contribution >= 4 is 11.8 Å². The van der Waals surface area contributed by atoms with Crippen molar-refractivity contribution in [3.05, 3.63) is 81.7 Å². The molecule has 1 aliphatic heterocycles. The molecule has 0 aromatic heterocycles. The fourth-order valence-electron chi connectivity index (χ4n) is 4.98. The van der Waals surface area contributed by atoms with Crippen molar-refractivity contribution in [2.45, 2.75) is 53.1 Å². The fraction of sp³-hybridized carbons (Fsp3) is 0.379. The van der Waals surface area contributed by atoms with E-state index in [1.54, 1.807) is 7.11 Å². The number of esters is 1. The zero-order valence-corrected chi connectivity index (χ0v) is 21.3. The first-order valence-corrected chi connectivity index (χ1v) is 11.8. The molecule has 1 N–H and O–H groups in total. The van der Waals surface area contributed by atoms with Gasteiger partial charge in [0.1, 0.15) is 6.61 Å². The molecule has 1 aliphatic carbocycles. The summed E-state index contributed by atoms with van der Waals surface area (Å²) in [4.78, 5) is 26.2. The summed E-state index contributed by atoms with van der Waals surface area (Å²) in [6.07, 6.45) is 1.15. The van der Waals surface area contributed by atoms with Crippen LogP contribution in [0.5, 0.6) is 11.5 Å². The van der Waals surface area contributed by atoms with Gasteiger partial charge in [0.15, 0.2) is 17.3 Å². The van der Waals surface area contributed by atoms with E-state index in [0.29, 0.717) is 41.4 Å². The highest BCUT2D eigenvalue weighted by molar-refractivity contribution is 6.04. The Bertz CT molecular complexity index is 1220. The number of hydrogen-bond donors (Lipinski definition) is 1. The Morgan fingerprint density at radius 2 is 1.74 bits per heavy atom. The summed E-state index contributed by atoms with van der Waals surface area (Å²) in [7, 11) is 2.94. The number of carbonyl (C=O) groups is 2. The van der Waals surface area contributed by atoms with Crippen LogP contribution in [0.4, 0.5) is 0 Å². The van der Waals surface area contributed by atoms with Gasteiger partial charge in [-0.3, -0.25) is 4.79 Å². The summed E-state index contributed by atoms with van der Waals surface area (Å²) >= 11 is 0. The first kappa shape index (κ1) is 24.6. The number of allylic oxidation sites excluding steroid dienone is 3. The lowest BCUT2D eigenvalue weighted by Crippen LogP contribution is -2.38. The molecule has 0 radical (unpaired) electrons. The lowest BCUT2D eigenvalue weighted by atomic mass is 9.68. The Balaban J connectivity index is 1.73. The third-order valence-electron chi connectivity index (χ3n) is 6.68. The molecule has 2 aromatic carbocycles. The molecule has 4 rings (SSSR count). The van der Waals surface area contributed by atoms with Crippen LogP contribution in [0.3, 0.4) is 0 Å². The first-order valence-electron chi connectivity index (χ1n) is 11.8. The minimum absolute atomic E-state index is 0.0429. The smallest absolute Gasteiger partial charge is 0.336 e. The minimum atomic E-state index is -0.539. The standard InChI is InChI=1S/C29H33NO5/c1-17-7-9-19(10-8-17)16-35-23-12-11-20(13-24(23)33-5)26-25(28(32)34-6)18(2)30-21-14-29(3,4)15-22(31)27(21)26/h7-13,26,30H,14-16H2,1-6H3. The van der Waals surface area contributed by atoms with Crippen LogP contribution in [0.25, 0.3) is 0 Å². The number of ketones is 1. The van der Waals surface area contributed by atoms with Gasteiger partial charge in [-0.15, -0.1) is 0 Å². The van der Waals surface area contributed by atoms with Crippen LogP contribution in [0.15, 0.2) is 65.0 Å². The molecule has 0 spiro atoms. The highest BCUT2D eigenvalue weighted by Crippen LogP contribution is 2.47. The molecule has 0 amide bonds. The maximum atomic E-state index is 13.4. The minimum Gasteiger partial charge on any atom is -0.493 e. The summed E-state index contributed by atoms with van der Waals surface area (Å²) in [5, 5.41) is 3.33. The van der Waals surface area contributed by atoms with E-state index in [0.717, 1.165) is 23.2 Å². The number of hydrogen-bond acceptors (Lipinski definition) is 6. The van der Waals surface area contributed by atoms with E-state index in [1.807, 2.05) is 56.3 Å². The van der Waals surface area contributed by atoms with Crippen LogP contribution in [0.1, 0.15) is 56.2 Å². The average molecular weight is 476 g/mol. The van der Waals surface area contributed by atoms with E-state index in [1.165, 1.54) is 12.7 Å². The molecule has 0 fully saturated rings. The van der Waals surface area contributed by atoms with E-state index in [-0.39, 0.29) is 11.2 Å². The van der Waals surface area contributed by atoms with Gasteiger partial charge in [-0.05, 0) is 48.9 Å². The van der Waals surface area contributed by atoms with Crippen molar-refractivity contribution in [2.75, 3.05) is 14.2 Å². The molecule has 1 unspecified atom stereocenters. The van der Waals surface area contributed by atoms with Crippen LogP contribution in [-0.2, 0) is 20.9 Å². The molecule has 6 nitrogen and oxygen atoms in total. The molecular formula is C29H33NO5. The Kier molecular flexibility index (Phi) is 6.75. The molecule has 1 atom stereocenters. The Morgan fingerprint density at radius 3 is 2.40 bits per heavy atom. The molecule has 1 heterocycles. The van der Waals surface area contributed by atoms with Gasteiger partial charge in [-0.25, -0.2) is 4.79 Å². The summed E-state index contributed by atoms with van der Waals surface area (Å²) in [5.41, 5.74) is 5.52. The summed E-state index contributed by atoms with van der Waals surface area (Å²) < 4.78 is 16.8. The van der Waals surface area contributed by atoms with Crippen molar-refractivity contribution in [3.63, 3.8) is 0 Å². The zero-order valence-electron chi connectivity index (χ0n) is 21.3. The van der Waals surface area contributed by atoms with Crippen LogP contribution in [0, 0.1) is 12.3 Å². The van der Waals surface area contributed by atoms with Crippen molar-refractivity contribution in [3.8, 4) is 11.5 Å². The van der Waals surface area contributed by atoms with E-state index >= 15 is 0 Å². The van der Waals surface area contributed by atoms with Crippen molar-refractivity contribution in [2.24, 2.45) is 5.41 Å². The predicted octanol–water partition coefficient (Wildman–Crippen LogP) is 5.36. The second-order valence-electron chi connectivity index (χ2n) is 10.1. The summed E-state index contributed by atoms with van der Waals surface area (Å²) in [5.74, 6) is 0.184. The number of rotatable bonds is 6. The maximum Gasteiger partial charge on any atom is 0.336 e. The van der Waals surface area contributed by atoms with Crippen LogP contribution < -0.4 is 14.8 Å². The lowest BCUT2D eigenvalue weighted by Gasteiger charge is -2.39. The van der Waals surface area contributed by atoms with E-state index in [9.17, 15) is 9.59 Å². The molecule has 184 valence electrons. The molecule has 0 bridgehead atoms. The quantitative estimate of drug-likeness (QED) is 0.567. The molecular weight excluding hydrogens is 442 g/mol. The Labute approximate surface area is 207 Å². The van der Waals surface area contributed by atoms with Crippen molar-refractivity contribution in [1.29, 1.82) is 0 Å². The second-order valence-corrected chi connectivity index (χ2v) is 10.1. The summed E-state index contributed by atoms with van der Waals surface area (Å²) in [6.45, 7) is 8.47. The highest BCUT2D eigenvalue weighted by atomic mass is 16.5. The van der Waals surface area contributed by atoms with Gasteiger partial charge in [-0.1, -0.05) is 49.7 Å². The number of Topliss-reactive ketones (excluding diaryl/α,β-unsaturated/α-hetero) is 1. The number of aryl methyl sites for hydroxylation is 1. The van der Waals surface area contributed by atoms with E-state index < -0.39 is 11.9 Å². The third-order valence-corrected chi connectivity index (χ3v) is 6.68. The van der Waals surface area contributed by atoms with Gasteiger partial charge >= 0.3 is 5.97 Å². The number of benzene rings is 2. The molecule has 2 aromatic rings. The van der Waals surface area contributed by atoms with Crippen LogP contribution in [-0.4, -0.2) is 26.0 Å². The second kappa shape index (κ2) is 9.61. The SMILES string of the molecule is COC(=O)C1=C(C)NC2=C(C(=O)CC(C)(C)C2)C1c1ccc(OCc2ccc(C)cc2)c(OC)c1. The molecule has 0 saturated carbocycles. The van der Waals surface area contributed by atoms with E-state index in [2.05, 4.69) is 19.2 Å². The van der Waals surface area contributed by atoms with E-state index in [4.69, 9.17) is 14.2 Å². The van der Waals surface area contributed by atoms with Crippen molar-refractivity contribution in [1.82, 2.24) is 5.32 Å². The third kappa shape index (κ3) is 4.97. The van der Waals surface area contributed by atoms with Crippen molar-refractivity contribution < 1.29 is 23.8 Å². The van der Waals surface area contributed by atoms with Gasteiger partial charge in [0, 0.05) is 29.3 Å². The Morgan fingerprint density at radius 1 is 1.03 bits per heavy atom. The summed E-state index contributed by atoms with van der Waals surface area (Å²) in [6, 6.07) is 13.8.